The van der Waals surface area contributed by atoms with Gasteiger partial charge < -0.3 is 4.74 Å². The van der Waals surface area contributed by atoms with Gasteiger partial charge in [-0.1, -0.05) is 26.0 Å². The van der Waals surface area contributed by atoms with Gasteiger partial charge in [0.2, 0.25) is 5.75 Å². The quantitative estimate of drug-likeness (QED) is 0.602. The Morgan fingerprint density at radius 3 is 2.35 bits per heavy atom. The van der Waals surface area contributed by atoms with Crippen LogP contribution in [-0.2, 0) is 0 Å². The third kappa shape index (κ3) is 3.12. The first-order valence-corrected chi connectivity index (χ1v) is 6.19. The molecule has 2 aromatic rings. The molecule has 0 saturated heterocycles. The van der Waals surface area contributed by atoms with Gasteiger partial charge in [0.05, 0.1) is 4.92 Å². The zero-order valence-corrected chi connectivity index (χ0v) is 11.2. The lowest BCUT2D eigenvalue weighted by atomic mass is 10.0. The van der Waals surface area contributed by atoms with E-state index in [1.807, 2.05) is 12.1 Å². The molecule has 0 radical (unpaired) electrons. The minimum Gasteiger partial charge on any atom is -0.450 e. The van der Waals surface area contributed by atoms with Gasteiger partial charge in [-0.25, -0.2) is 4.39 Å². The van der Waals surface area contributed by atoms with Crippen LogP contribution in [-0.4, -0.2) is 4.92 Å². The molecule has 0 spiro atoms. The fourth-order valence-electron chi connectivity index (χ4n) is 1.77. The first-order valence-electron chi connectivity index (χ1n) is 6.19. The maximum Gasteiger partial charge on any atom is 0.311 e. The van der Waals surface area contributed by atoms with Crippen LogP contribution < -0.4 is 4.74 Å². The van der Waals surface area contributed by atoms with E-state index in [9.17, 15) is 14.5 Å². The number of benzene rings is 2. The normalized spacial score (nSPS) is 10.6. The van der Waals surface area contributed by atoms with Crippen molar-refractivity contribution in [1.29, 1.82) is 0 Å². The second-order valence-corrected chi connectivity index (χ2v) is 4.69. The minimum atomic E-state index is -0.600. The summed E-state index contributed by atoms with van der Waals surface area (Å²) in [5.74, 6) is 0.132. The van der Waals surface area contributed by atoms with Gasteiger partial charge in [-0.2, -0.15) is 0 Å². The Hall–Kier alpha value is -2.43. The molecule has 0 fully saturated rings. The highest BCUT2D eigenvalue weighted by Gasteiger charge is 2.16. The molecule has 104 valence electrons. The molecule has 20 heavy (non-hydrogen) atoms. The molecule has 0 atom stereocenters. The molecular weight excluding hydrogens is 261 g/mol. The van der Waals surface area contributed by atoms with Crippen molar-refractivity contribution in [2.24, 2.45) is 0 Å². The van der Waals surface area contributed by atoms with Crippen LogP contribution >= 0.6 is 0 Å². The standard InChI is InChI=1S/C15H14FNO3/c1-10(2)11-3-6-13(7-4-11)20-15-9-12(16)5-8-14(15)17(18)19/h3-10H,1-2H3. The molecule has 2 aromatic carbocycles. The smallest absolute Gasteiger partial charge is 0.311 e. The van der Waals surface area contributed by atoms with Gasteiger partial charge in [0.25, 0.3) is 0 Å². The summed E-state index contributed by atoms with van der Waals surface area (Å²) in [6.45, 7) is 4.13. The van der Waals surface area contributed by atoms with Crippen LogP contribution in [0.1, 0.15) is 25.3 Å². The Bertz CT molecular complexity index is 624. The lowest BCUT2D eigenvalue weighted by Gasteiger charge is -2.09. The Morgan fingerprint density at radius 1 is 1.15 bits per heavy atom. The number of nitro groups is 1. The van der Waals surface area contributed by atoms with E-state index in [2.05, 4.69) is 13.8 Å². The molecule has 0 aromatic heterocycles. The van der Waals surface area contributed by atoms with Crippen molar-refractivity contribution in [2.75, 3.05) is 0 Å². The summed E-state index contributed by atoms with van der Waals surface area (Å²) >= 11 is 0. The molecule has 0 unspecified atom stereocenters. The van der Waals surface area contributed by atoms with Crippen LogP contribution in [0.2, 0.25) is 0 Å². The van der Waals surface area contributed by atoms with Crippen LogP contribution in [0.25, 0.3) is 0 Å². The van der Waals surface area contributed by atoms with Crippen LogP contribution in [0.5, 0.6) is 11.5 Å². The third-order valence-electron chi connectivity index (χ3n) is 2.89. The van der Waals surface area contributed by atoms with E-state index in [1.165, 1.54) is 0 Å². The zero-order valence-electron chi connectivity index (χ0n) is 11.2. The van der Waals surface area contributed by atoms with Crippen LogP contribution in [0.4, 0.5) is 10.1 Å². The summed E-state index contributed by atoms with van der Waals surface area (Å²) in [6, 6.07) is 10.3. The van der Waals surface area contributed by atoms with Crippen molar-refractivity contribution in [3.05, 3.63) is 64.0 Å². The van der Waals surface area contributed by atoms with Crippen LogP contribution in [0, 0.1) is 15.9 Å². The maximum atomic E-state index is 13.2. The first kappa shape index (κ1) is 14.0. The van der Waals surface area contributed by atoms with E-state index in [0.29, 0.717) is 11.7 Å². The Balaban J connectivity index is 2.29. The number of hydrogen-bond donors (Lipinski definition) is 0. The van der Waals surface area contributed by atoms with E-state index in [1.54, 1.807) is 12.1 Å². The van der Waals surface area contributed by atoms with Crippen molar-refractivity contribution in [1.82, 2.24) is 0 Å². The molecule has 0 aliphatic heterocycles. The highest BCUT2D eigenvalue weighted by Crippen LogP contribution is 2.32. The van der Waals surface area contributed by atoms with Gasteiger partial charge in [0, 0.05) is 12.1 Å². The zero-order chi connectivity index (χ0) is 14.7. The van der Waals surface area contributed by atoms with Gasteiger partial charge in [-0.15, -0.1) is 0 Å². The molecule has 2 rings (SSSR count). The van der Waals surface area contributed by atoms with E-state index >= 15 is 0 Å². The van der Waals surface area contributed by atoms with Crippen molar-refractivity contribution in [3.63, 3.8) is 0 Å². The fourth-order valence-corrected chi connectivity index (χ4v) is 1.77. The van der Waals surface area contributed by atoms with Gasteiger partial charge >= 0.3 is 5.69 Å². The van der Waals surface area contributed by atoms with E-state index in [0.717, 1.165) is 23.8 Å². The van der Waals surface area contributed by atoms with Crippen molar-refractivity contribution >= 4 is 5.69 Å². The Morgan fingerprint density at radius 2 is 1.80 bits per heavy atom. The second kappa shape index (κ2) is 5.69. The number of rotatable bonds is 4. The molecular formula is C15H14FNO3. The second-order valence-electron chi connectivity index (χ2n) is 4.69. The Kier molecular flexibility index (Phi) is 3.98. The lowest BCUT2D eigenvalue weighted by molar-refractivity contribution is -0.385. The summed E-state index contributed by atoms with van der Waals surface area (Å²) in [7, 11) is 0. The number of nitrogens with zero attached hydrogens (tertiary/aromatic N) is 1. The summed E-state index contributed by atoms with van der Waals surface area (Å²) in [4.78, 5) is 10.3. The predicted octanol–water partition coefficient (Wildman–Crippen LogP) is 4.65. The number of nitro benzene ring substituents is 1. The van der Waals surface area contributed by atoms with Gasteiger partial charge in [0.1, 0.15) is 11.6 Å². The topological polar surface area (TPSA) is 52.4 Å². The minimum absolute atomic E-state index is 0.104. The molecule has 0 aliphatic rings. The van der Waals surface area contributed by atoms with E-state index < -0.39 is 10.7 Å². The van der Waals surface area contributed by atoms with Gasteiger partial charge in [-0.3, -0.25) is 10.1 Å². The highest BCUT2D eigenvalue weighted by molar-refractivity contribution is 5.48. The lowest BCUT2D eigenvalue weighted by Crippen LogP contribution is -1.94. The summed E-state index contributed by atoms with van der Waals surface area (Å²) in [5.41, 5.74) is 0.866. The average molecular weight is 275 g/mol. The molecule has 0 amide bonds. The van der Waals surface area contributed by atoms with Gasteiger partial charge in [-0.05, 0) is 29.7 Å². The van der Waals surface area contributed by atoms with E-state index in [4.69, 9.17) is 4.74 Å². The summed E-state index contributed by atoms with van der Waals surface area (Å²) < 4.78 is 18.6. The molecule has 5 heteroatoms. The third-order valence-corrected chi connectivity index (χ3v) is 2.89. The first-order chi connectivity index (χ1) is 9.47. The molecule has 4 nitrogen and oxygen atoms in total. The van der Waals surface area contributed by atoms with Crippen LogP contribution in [0.3, 0.4) is 0 Å². The van der Waals surface area contributed by atoms with Crippen molar-refractivity contribution < 1.29 is 14.1 Å². The monoisotopic (exact) mass is 275 g/mol. The summed E-state index contributed by atoms with van der Waals surface area (Å²) in [5, 5.41) is 10.9. The van der Waals surface area contributed by atoms with Crippen molar-refractivity contribution in [3.8, 4) is 11.5 Å². The van der Waals surface area contributed by atoms with Gasteiger partial charge in [0.15, 0.2) is 0 Å². The summed E-state index contributed by atoms with van der Waals surface area (Å²) in [6.07, 6.45) is 0. The van der Waals surface area contributed by atoms with E-state index in [-0.39, 0.29) is 11.4 Å². The average Bonchev–Trinajstić information content (AvgIpc) is 2.39. The SMILES string of the molecule is CC(C)c1ccc(Oc2cc(F)ccc2[N+](=O)[O-])cc1. The molecule has 0 N–H and O–H groups in total. The fraction of sp³-hybridized carbons (Fsp3) is 0.200. The van der Waals surface area contributed by atoms with Crippen LogP contribution in [0.15, 0.2) is 42.5 Å². The largest absolute Gasteiger partial charge is 0.450 e. The van der Waals surface area contributed by atoms with Crippen molar-refractivity contribution in [2.45, 2.75) is 19.8 Å². The molecule has 0 bridgehead atoms. The number of hydrogen-bond acceptors (Lipinski definition) is 3. The maximum absolute atomic E-state index is 13.2. The predicted molar refractivity (Wildman–Crippen MR) is 73.7 cm³/mol. The number of ether oxygens (including phenoxy) is 1. The molecule has 0 saturated carbocycles. The Labute approximate surface area is 116 Å². The highest BCUT2D eigenvalue weighted by atomic mass is 19.1. The molecule has 0 heterocycles. The number of halogens is 1. The molecule has 0 aliphatic carbocycles.